The second-order valence-electron chi connectivity index (χ2n) is 13.4. The number of fused-ring (bicyclic) bond motifs is 9. The number of para-hydroxylation sites is 1. The Labute approximate surface area is 309 Å². The Hall–Kier alpha value is -6.82. The smallest absolute Gasteiger partial charge is 0.162 e. The molecule has 4 nitrogen and oxygen atoms in total. The highest BCUT2D eigenvalue weighted by atomic mass is 32.1. The summed E-state index contributed by atoms with van der Waals surface area (Å²) in [7, 11) is 0. The van der Waals surface area contributed by atoms with E-state index < -0.39 is 0 Å². The third-order valence-electron chi connectivity index (χ3n) is 10.3. The predicted molar refractivity (Wildman–Crippen MR) is 222 cm³/mol. The van der Waals surface area contributed by atoms with Crippen LogP contribution in [-0.2, 0) is 0 Å². The average Bonchev–Trinajstić information content (AvgIpc) is 3.74. The number of hydrogen-bond donors (Lipinski definition) is 0. The Morgan fingerprint density at radius 2 is 1.15 bits per heavy atom. The van der Waals surface area contributed by atoms with Crippen molar-refractivity contribution in [3.05, 3.63) is 175 Å². The highest BCUT2D eigenvalue weighted by Crippen LogP contribution is 2.48. The van der Waals surface area contributed by atoms with Crippen LogP contribution < -0.4 is 4.90 Å². The van der Waals surface area contributed by atoms with Gasteiger partial charge in [0.2, 0.25) is 0 Å². The van der Waals surface area contributed by atoms with Crippen LogP contribution in [0.2, 0.25) is 0 Å². The minimum absolute atomic E-state index is 0.681. The van der Waals surface area contributed by atoms with E-state index in [0.29, 0.717) is 5.82 Å². The molecule has 0 fully saturated rings. The van der Waals surface area contributed by atoms with Gasteiger partial charge in [0, 0.05) is 53.7 Å². The zero-order valence-corrected chi connectivity index (χ0v) is 29.2. The number of anilines is 3. The second-order valence-corrected chi connectivity index (χ2v) is 14.4. The summed E-state index contributed by atoms with van der Waals surface area (Å²) in [5.74, 6) is 1.49. The molecule has 3 aromatic heterocycles. The predicted octanol–water partition coefficient (Wildman–Crippen LogP) is 13.7. The molecule has 0 bridgehead atoms. The molecule has 1 aliphatic rings. The van der Waals surface area contributed by atoms with Gasteiger partial charge in [-0.15, -0.1) is 11.3 Å². The van der Waals surface area contributed by atoms with Crippen molar-refractivity contribution in [2.24, 2.45) is 0 Å². The molecule has 4 heterocycles. The summed E-state index contributed by atoms with van der Waals surface area (Å²) < 4.78 is 8.83. The number of furan rings is 1. The van der Waals surface area contributed by atoms with Crippen LogP contribution >= 0.6 is 11.3 Å². The molecule has 10 aromatic rings. The van der Waals surface area contributed by atoms with Crippen LogP contribution in [0.3, 0.4) is 0 Å². The number of rotatable bonds is 4. The molecular formula is C48H29N3OS. The van der Waals surface area contributed by atoms with Gasteiger partial charge in [-0.3, -0.25) is 4.90 Å². The van der Waals surface area contributed by atoms with Crippen LogP contribution in [0.1, 0.15) is 11.1 Å². The third-order valence-corrected chi connectivity index (χ3v) is 11.5. The minimum atomic E-state index is 0.681. The first-order valence-electron chi connectivity index (χ1n) is 17.7. The first-order chi connectivity index (χ1) is 26.2. The van der Waals surface area contributed by atoms with Gasteiger partial charge in [0.15, 0.2) is 5.82 Å². The highest BCUT2D eigenvalue weighted by Gasteiger charge is 2.26. The fourth-order valence-corrected chi connectivity index (χ4v) is 8.93. The maximum Gasteiger partial charge on any atom is 0.162 e. The van der Waals surface area contributed by atoms with E-state index in [1.807, 2.05) is 47.7 Å². The Bertz CT molecular complexity index is 3010. The van der Waals surface area contributed by atoms with Crippen molar-refractivity contribution in [3.8, 4) is 33.8 Å². The zero-order chi connectivity index (χ0) is 34.9. The third kappa shape index (κ3) is 4.90. The molecule has 7 aromatic carbocycles. The first kappa shape index (κ1) is 29.9. The lowest BCUT2D eigenvalue weighted by Gasteiger charge is -2.27. The standard InChI is InChI=1S/C48H29N3OS/c1-3-11-30(12-4-1)40-29-46(50-48(49-40)31-13-5-2-6-14-31)51-41-25-21-32(33-19-22-36-35-15-7-9-17-43(35)52-44(36)28-33)27-34(41)20-23-39-42(51)26-24-38-37-16-8-10-18-45(37)53-47(38)39/h1-29H. The van der Waals surface area contributed by atoms with Gasteiger partial charge in [0.25, 0.3) is 0 Å². The topological polar surface area (TPSA) is 42.2 Å². The second kappa shape index (κ2) is 11.9. The molecule has 11 rings (SSSR count). The number of hydrogen-bond acceptors (Lipinski definition) is 5. The maximum atomic E-state index is 6.29. The fourth-order valence-electron chi connectivity index (χ4n) is 7.70. The maximum absolute atomic E-state index is 6.29. The normalized spacial score (nSPS) is 12.4. The van der Waals surface area contributed by atoms with Gasteiger partial charge < -0.3 is 4.42 Å². The van der Waals surface area contributed by atoms with E-state index in [9.17, 15) is 0 Å². The van der Waals surface area contributed by atoms with Gasteiger partial charge in [-0.1, -0.05) is 127 Å². The van der Waals surface area contributed by atoms with E-state index in [-0.39, 0.29) is 0 Å². The Morgan fingerprint density at radius 3 is 2.02 bits per heavy atom. The molecule has 0 N–H and O–H groups in total. The molecular weight excluding hydrogens is 667 g/mol. The van der Waals surface area contributed by atoms with Gasteiger partial charge in [-0.25, -0.2) is 9.97 Å². The Morgan fingerprint density at radius 1 is 0.472 bits per heavy atom. The van der Waals surface area contributed by atoms with Crippen LogP contribution in [-0.4, -0.2) is 9.97 Å². The van der Waals surface area contributed by atoms with E-state index in [2.05, 4.69) is 144 Å². The molecule has 0 atom stereocenters. The lowest BCUT2D eigenvalue weighted by molar-refractivity contribution is 0.669. The van der Waals surface area contributed by atoms with Crippen molar-refractivity contribution >= 4 is 82.8 Å². The summed E-state index contributed by atoms with van der Waals surface area (Å²) in [5, 5.41) is 4.80. The van der Waals surface area contributed by atoms with Crippen LogP contribution in [0.4, 0.5) is 17.2 Å². The quantitative estimate of drug-likeness (QED) is 0.184. The van der Waals surface area contributed by atoms with Gasteiger partial charge >= 0.3 is 0 Å². The van der Waals surface area contributed by atoms with Crippen molar-refractivity contribution in [2.75, 3.05) is 4.90 Å². The van der Waals surface area contributed by atoms with E-state index in [0.717, 1.165) is 72.6 Å². The summed E-state index contributed by atoms with van der Waals surface area (Å²) in [6.45, 7) is 0. The lowest BCUT2D eigenvalue weighted by Crippen LogP contribution is -2.14. The number of aromatic nitrogens is 2. The first-order valence-corrected chi connectivity index (χ1v) is 18.5. The molecule has 0 amide bonds. The fraction of sp³-hybridized carbons (Fsp3) is 0. The molecule has 53 heavy (non-hydrogen) atoms. The molecule has 0 spiro atoms. The Balaban J connectivity index is 1.15. The van der Waals surface area contributed by atoms with Crippen LogP contribution in [0.15, 0.2) is 168 Å². The zero-order valence-electron chi connectivity index (χ0n) is 28.4. The lowest BCUT2D eigenvalue weighted by atomic mass is 10.00. The molecule has 0 radical (unpaired) electrons. The van der Waals surface area contributed by atoms with Gasteiger partial charge in [-0.2, -0.15) is 0 Å². The van der Waals surface area contributed by atoms with Crippen molar-refractivity contribution in [1.29, 1.82) is 0 Å². The SMILES string of the molecule is C1=Cc2c(ccc3c2sc2ccccc23)N(c2cc(-c3ccccc3)nc(-c3ccccc3)n2)c2ccc(-c3ccc4c(c3)oc3ccccc34)cc21. The molecule has 248 valence electrons. The van der Waals surface area contributed by atoms with Crippen LogP contribution in [0, 0.1) is 0 Å². The van der Waals surface area contributed by atoms with Crippen LogP contribution in [0.25, 0.3) is 88.0 Å². The molecule has 5 heteroatoms. The summed E-state index contributed by atoms with van der Waals surface area (Å²) in [4.78, 5) is 12.8. The molecule has 1 aliphatic heterocycles. The molecule has 0 saturated carbocycles. The minimum Gasteiger partial charge on any atom is -0.456 e. The number of thiophene rings is 1. The van der Waals surface area contributed by atoms with Gasteiger partial charge in [-0.05, 0) is 59.2 Å². The van der Waals surface area contributed by atoms with Crippen molar-refractivity contribution in [1.82, 2.24) is 9.97 Å². The van der Waals surface area contributed by atoms with E-state index in [1.165, 1.54) is 25.7 Å². The van der Waals surface area contributed by atoms with E-state index >= 15 is 0 Å². The summed E-state index contributed by atoms with van der Waals surface area (Å²) in [5.41, 5.74) is 11.3. The molecule has 0 aliphatic carbocycles. The number of nitrogens with zero attached hydrogens (tertiary/aromatic N) is 3. The van der Waals surface area contributed by atoms with Gasteiger partial charge in [0.1, 0.15) is 17.0 Å². The van der Waals surface area contributed by atoms with Crippen molar-refractivity contribution in [2.45, 2.75) is 0 Å². The molecule has 0 unspecified atom stereocenters. The van der Waals surface area contributed by atoms with E-state index in [1.54, 1.807) is 0 Å². The number of benzene rings is 7. The van der Waals surface area contributed by atoms with Crippen molar-refractivity contribution in [3.63, 3.8) is 0 Å². The summed E-state index contributed by atoms with van der Waals surface area (Å²) in [6, 6.07) is 57.4. The van der Waals surface area contributed by atoms with Crippen LogP contribution in [0.5, 0.6) is 0 Å². The summed E-state index contributed by atoms with van der Waals surface area (Å²) >= 11 is 1.84. The van der Waals surface area contributed by atoms with Gasteiger partial charge in [0.05, 0.1) is 17.1 Å². The van der Waals surface area contributed by atoms with Crippen molar-refractivity contribution < 1.29 is 4.42 Å². The Kier molecular flexibility index (Phi) is 6.69. The largest absolute Gasteiger partial charge is 0.456 e. The highest BCUT2D eigenvalue weighted by molar-refractivity contribution is 7.26. The van der Waals surface area contributed by atoms with E-state index in [4.69, 9.17) is 14.4 Å². The molecule has 0 saturated heterocycles. The summed E-state index contributed by atoms with van der Waals surface area (Å²) in [6.07, 6.45) is 4.55. The monoisotopic (exact) mass is 695 g/mol. The average molecular weight is 696 g/mol.